The number of hydrogen-bond donors (Lipinski definition) is 0. The molecule has 0 aliphatic carbocycles. The van der Waals surface area contributed by atoms with Crippen LogP contribution in [-0.4, -0.2) is 25.5 Å². The van der Waals surface area contributed by atoms with E-state index in [9.17, 15) is 4.39 Å². The first-order chi connectivity index (χ1) is 7.02. The van der Waals surface area contributed by atoms with Gasteiger partial charge in [0.1, 0.15) is 5.82 Å². The Labute approximate surface area is 99.8 Å². The summed E-state index contributed by atoms with van der Waals surface area (Å²) in [6, 6.07) is 2.84. The SMILES string of the molecule is CN(C)CCCc1c(F)ccc(Cl)c1Cl. The molecule has 1 aromatic rings. The molecule has 0 fully saturated rings. The molecule has 0 heterocycles. The van der Waals surface area contributed by atoms with Crippen LogP contribution in [0.25, 0.3) is 0 Å². The maximum Gasteiger partial charge on any atom is 0.127 e. The van der Waals surface area contributed by atoms with Gasteiger partial charge in [-0.15, -0.1) is 0 Å². The van der Waals surface area contributed by atoms with E-state index in [2.05, 4.69) is 4.90 Å². The summed E-state index contributed by atoms with van der Waals surface area (Å²) in [5.74, 6) is -0.275. The van der Waals surface area contributed by atoms with E-state index in [1.165, 1.54) is 12.1 Å². The highest BCUT2D eigenvalue weighted by Crippen LogP contribution is 2.28. The minimum Gasteiger partial charge on any atom is -0.309 e. The van der Waals surface area contributed by atoms with Crippen LogP contribution < -0.4 is 0 Å². The molecular weight excluding hydrogens is 236 g/mol. The Balaban J connectivity index is 2.71. The number of nitrogens with zero attached hydrogens (tertiary/aromatic N) is 1. The lowest BCUT2D eigenvalue weighted by Crippen LogP contribution is -2.13. The van der Waals surface area contributed by atoms with Gasteiger partial charge in [0.2, 0.25) is 0 Å². The van der Waals surface area contributed by atoms with E-state index in [1.807, 2.05) is 14.1 Å². The maximum atomic E-state index is 13.4. The van der Waals surface area contributed by atoms with Crippen LogP contribution in [-0.2, 0) is 6.42 Å². The molecule has 15 heavy (non-hydrogen) atoms. The van der Waals surface area contributed by atoms with Crippen molar-refractivity contribution in [2.24, 2.45) is 0 Å². The summed E-state index contributed by atoms with van der Waals surface area (Å²) >= 11 is 11.7. The van der Waals surface area contributed by atoms with Crippen LogP contribution in [0.3, 0.4) is 0 Å². The van der Waals surface area contributed by atoms with Gasteiger partial charge >= 0.3 is 0 Å². The molecule has 0 spiro atoms. The fourth-order valence-electron chi connectivity index (χ4n) is 1.37. The zero-order valence-corrected chi connectivity index (χ0v) is 10.4. The lowest BCUT2D eigenvalue weighted by atomic mass is 10.1. The standard InChI is InChI=1S/C11H14Cl2FN/c1-15(2)7-3-4-8-10(14)6-5-9(12)11(8)13/h5-6H,3-4,7H2,1-2H3. The zero-order valence-electron chi connectivity index (χ0n) is 8.86. The van der Waals surface area contributed by atoms with Gasteiger partial charge in [0.15, 0.2) is 0 Å². The van der Waals surface area contributed by atoms with E-state index in [1.54, 1.807) is 0 Å². The van der Waals surface area contributed by atoms with Crippen molar-refractivity contribution in [1.82, 2.24) is 4.90 Å². The summed E-state index contributed by atoms with van der Waals surface area (Å²) in [7, 11) is 3.96. The highest BCUT2D eigenvalue weighted by molar-refractivity contribution is 6.42. The van der Waals surface area contributed by atoms with Crippen molar-refractivity contribution in [2.45, 2.75) is 12.8 Å². The molecule has 0 saturated carbocycles. The van der Waals surface area contributed by atoms with Crippen molar-refractivity contribution in [3.63, 3.8) is 0 Å². The van der Waals surface area contributed by atoms with Crippen molar-refractivity contribution in [1.29, 1.82) is 0 Å². The van der Waals surface area contributed by atoms with Crippen LogP contribution in [0.5, 0.6) is 0 Å². The van der Waals surface area contributed by atoms with Crippen LogP contribution in [0.4, 0.5) is 4.39 Å². The third kappa shape index (κ3) is 3.63. The normalized spacial score (nSPS) is 11.1. The van der Waals surface area contributed by atoms with Crippen molar-refractivity contribution >= 4 is 23.2 Å². The van der Waals surface area contributed by atoms with Gasteiger partial charge in [-0.2, -0.15) is 0 Å². The topological polar surface area (TPSA) is 3.24 Å². The molecule has 0 N–H and O–H groups in total. The average molecular weight is 250 g/mol. The Bertz CT molecular complexity index is 340. The van der Waals surface area contributed by atoms with Crippen LogP contribution in [0, 0.1) is 5.82 Å². The second-order valence-corrected chi connectivity index (χ2v) is 4.51. The van der Waals surface area contributed by atoms with E-state index in [-0.39, 0.29) is 5.82 Å². The van der Waals surface area contributed by atoms with Gasteiger partial charge in [-0.1, -0.05) is 23.2 Å². The zero-order chi connectivity index (χ0) is 11.4. The summed E-state index contributed by atoms with van der Waals surface area (Å²) in [5.41, 5.74) is 0.519. The quantitative estimate of drug-likeness (QED) is 0.737. The molecule has 0 unspecified atom stereocenters. The van der Waals surface area contributed by atoms with E-state index < -0.39 is 0 Å². The summed E-state index contributed by atoms with van der Waals surface area (Å²) in [5, 5.41) is 0.758. The second-order valence-electron chi connectivity index (χ2n) is 3.73. The maximum absolute atomic E-state index is 13.4. The Hall–Kier alpha value is -0.310. The van der Waals surface area contributed by atoms with Gasteiger partial charge in [-0.25, -0.2) is 4.39 Å². The molecule has 0 aliphatic heterocycles. The molecule has 0 bridgehead atoms. The lowest BCUT2D eigenvalue weighted by Gasteiger charge is -2.11. The number of halogens is 3. The van der Waals surface area contributed by atoms with Crippen LogP contribution >= 0.6 is 23.2 Å². The van der Waals surface area contributed by atoms with Crippen molar-refractivity contribution < 1.29 is 4.39 Å². The number of benzene rings is 1. The second kappa shape index (κ2) is 5.69. The summed E-state index contributed by atoms with van der Waals surface area (Å²) in [4.78, 5) is 2.05. The summed E-state index contributed by atoms with van der Waals surface area (Å²) in [6.07, 6.45) is 1.48. The molecule has 0 amide bonds. The van der Waals surface area contributed by atoms with E-state index in [0.29, 0.717) is 22.0 Å². The molecular formula is C11H14Cl2FN. The third-order valence-corrected chi connectivity index (χ3v) is 3.01. The van der Waals surface area contributed by atoms with Crippen molar-refractivity contribution in [3.8, 4) is 0 Å². The van der Waals surface area contributed by atoms with Crippen molar-refractivity contribution in [2.75, 3.05) is 20.6 Å². The molecule has 1 aromatic carbocycles. The highest BCUT2D eigenvalue weighted by atomic mass is 35.5. The largest absolute Gasteiger partial charge is 0.309 e. The van der Waals surface area contributed by atoms with Gasteiger partial charge < -0.3 is 4.90 Å². The van der Waals surface area contributed by atoms with Gasteiger partial charge in [0.25, 0.3) is 0 Å². The van der Waals surface area contributed by atoms with Gasteiger partial charge in [-0.05, 0) is 45.6 Å². The molecule has 1 nitrogen and oxygen atoms in total. The smallest absolute Gasteiger partial charge is 0.127 e. The molecule has 4 heteroatoms. The predicted octanol–water partition coefficient (Wildman–Crippen LogP) is 3.63. The third-order valence-electron chi connectivity index (χ3n) is 2.17. The molecule has 0 aliphatic rings. The fourth-order valence-corrected chi connectivity index (χ4v) is 1.80. The Morgan fingerprint density at radius 3 is 2.53 bits per heavy atom. The predicted molar refractivity (Wildman–Crippen MR) is 63.3 cm³/mol. The van der Waals surface area contributed by atoms with Gasteiger partial charge in [0, 0.05) is 5.56 Å². The summed E-state index contributed by atoms with van der Waals surface area (Å²) in [6.45, 7) is 0.905. The lowest BCUT2D eigenvalue weighted by molar-refractivity contribution is 0.399. The molecule has 0 radical (unpaired) electrons. The minimum absolute atomic E-state index is 0.275. The van der Waals surface area contributed by atoms with E-state index in [4.69, 9.17) is 23.2 Å². The first-order valence-electron chi connectivity index (χ1n) is 4.79. The monoisotopic (exact) mass is 249 g/mol. The van der Waals surface area contributed by atoms with Crippen LogP contribution in [0.2, 0.25) is 10.0 Å². The number of rotatable bonds is 4. The van der Waals surface area contributed by atoms with Crippen LogP contribution in [0.1, 0.15) is 12.0 Å². The van der Waals surface area contributed by atoms with E-state index >= 15 is 0 Å². The van der Waals surface area contributed by atoms with Crippen molar-refractivity contribution in [3.05, 3.63) is 33.6 Å². The Morgan fingerprint density at radius 2 is 1.93 bits per heavy atom. The average Bonchev–Trinajstić information content (AvgIpc) is 2.17. The molecule has 84 valence electrons. The fraction of sp³-hybridized carbons (Fsp3) is 0.455. The van der Waals surface area contributed by atoms with E-state index in [0.717, 1.165) is 13.0 Å². The summed E-state index contributed by atoms with van der Waals surface area (Å²) < 4.78 is 13.4. The number of hydrogen-bond acceptors (Lipinski definition) is 1. The molecule has 0 atom stereocenters. The first kappa shape index (κ1) is 12.8. The highest BCUT2D eigenvalue weighted by Gasteiger charge is 2.10. The Kier molecular flexibility index (Phi) is 4.84. The minimum atomic E-state index is -0.275. The van der Waals surface area contributed by atoms with Gasteiger partial charge in [0.05, 0.1) is 10.0 Å². The van der Waals surface area contributed by atoms with Gasteiger partial charge in [-0.3, -0.25) is 0 Å². The van der Waals surface area contributed by atoms with Crippen LogP contribution in [0.15, 0.2) is 12.1 Å². The molecule has 1 rings (SSSR count). The molecule has 0 aromatic heterocycles. The Morgan fingerprint density at radius 1 is 1.27 bits per heavy atom. The first-order valence-corrected chi connectivity index (χ1v) is 5.55. The molecule has 0 saturated heterocycles.